The molecule has 0 spiro atoms. The summed E-state index contributed by atoms with van der Waals surface area (Å²) in [7, 11) is 1.52. The molecule has 1 fully saturated rings. The van der Waals surface area contributed by atoms with Gasteiger partial charge >= 0.3 is 0 Å². The Morgan fingerprint density at radius 2 is 2.00 bits per heavy atom. The van der Waals surface area contributed by atoms with Gasteiger partial charge in [-0.2, -0.15) is 4.98 Å². The minimum absolute atomic E-state index is 0.0941. The van der Waals surface area contributed by atoms with Gasteiger partial charge in [-0.3, -0.25) is 9.78 Å². The van der Waals surface area contributed by atoms with E-state index in [1.54, 1.807) is 29.3 Å². The average Bonchev–Trinajstić information content (AvgIpc) is 3.24. The number of amides is 1. The van der Waals surface area contributed by atoms with E-state index in [9.17, 15) is 9.18 Å². The van der Waals surface area contributed by atoms with Crippen LogP contribution in [0.1, 0.15) is 23.3 Å². The fraction of sp³-hybridized carbons (Fsp3) is 0.286. The van der Waals surface area contributed by atoms with E-state index in [0.717, 1.165) is 24.0 Å². The lowest BCUT2D eigenvalue weighted by Gasteiger charge is -2.32. The Morgan fingerprint density at radius 1 is 1.21 bits per heavy atom. The van der Waals surface area contributed by atoms with Crippen molar-refractivity contribution < 1.29 is 18.7 Å². The first-order valence-electron chi connectivity index (χ1n) is 9.38. The maximum atomic E-state index is 13.1. The van der Waals surface area contributed by atoms with E-state index in [1.807, 2.05) is 0 Å². The zero-order valence-electron chi connectivity index (χ0n) is 16.0. The van der Waals surface area contributed by atoms with Crippen LogP contribution in [0.5, 0.6) is 11.8 Å². The number of aromatic nitrogens is 3. The number of carbonyl (C=O) groups is 1. The van der Waals surface area contributed by atoms with Crippen LogP contribution in [0.25, 0.3) is 11.1 Å². The molecule has 1 saturated heterocycles. The lowest BCUT2D eigenvalue weighted by molar-refractivity contribution is 0.0521. The number of H-pyrrole nitrogens is 1. The number of methoxy groups -OCH3 is 1. The van der Waals surface area contributed by atoms with Crippen LogP contribution in [0.4, 0.5) is 4.39 Å². The number of hydrogen-bond acceptors (Lipinski definition) is 5. The molecule has 2 aromatic heterocycles. The molecule has 7 nitrogen and oxygen atoms in total. The minimum Gasteiger partial charge on any atom is -0.480 e. The lowest BCUT2D eigenvalue weighted by atomic mass is 10.1. The zero-order valence-corrected chi connectivity index (χ0v) is 16.0. The molecule has 1 atom stereocenters. The SMILES string of the molecule is COc1cncc(OC2CCCN(C(=O)c3cc(-c4ccc(F)cc4)c[nH]3)C2)n1. The van der Waals surface area contributed by atoms with Crippen LogP contribution in [0.15, 0.2) is 48.9 Å². The molecule has 1 unspecified atom stereocenters. The van der Waals surface area contributed by atoms with Crippen LogP contribution in [-0.4, -0.2) is 52.1 Å². The molecule has 3 aromatic rings. The van der Waals surface area contributed by atoms with Crippen LogP contribution in [0.2, 0.25) is 0 Å². The van der Waals surface area contributed by atoms with E-state index in [-0.39, 0.29) is 17.8 Å². The Bertz CT molecular complexity index is 990. The molecule has 0 saturated carbocycles. The highest BCUT2D eigenvalue weighted by atomic mass is 19.1. The summed E-state index contributed by atoms with van der Waals surface area (Å²) in [5.74, 6) is 0.372. The van der Waals surface area contributed by atoms with E-state index in [2.05, 4.69) is 15.0 Å². The van der Waals surface area contributed by atoms with Crippen LogP contribution >= 0.6 is 0 Å². The number of aromatic amines is 1. The predicted octanol–water partition coefficient (Wildman–Crippen LogP) is 3.30. The number of hydrogen-bond donors (Lipinski definition) is 1. The van der Waals surface area contributed by atoms with Gasteiger partial charge < -0.3 is 19.4 Å². The van der Waals surface area contributed by atoms with Gasteiger partial charge in [0.1, 0.15) is 17.6 Å². The molecule has 3 heterocycles. The smallest absolute Gasteiger partial charge is 0.270 e. The van der Waals surface area contributed by atoms with Crippen molar-refractivity contribution >= 4 is 5.91 Å². The molecule has 0 radical (unpaired) electrons. The monoisotopic (exact) mass is 396 g/mol. The molecule has 1 aliphatic heterocycles. The fourth-order valence-electron chi connectivity index (χ4n) is 3.37. The van der Waals surface area contributed by atoms with Crippen LogP contribution in [0.3, 0.4) is 0 Å². The van der Waals surface area contributed by atoms with Gasteiger partial charge in [0.25, 0.3) is 5.91 Å². The normalized spacial score (nSPS) is 16.5. The largest absolute Gasteiger partial charge is 0.480 e. The topological polar surface area (TPSA) is 80.3 Å². The third-order valence-electron chi connectivity index (χ3n) is 4.84. The number of nitrogens with one attached hydrogen (secondary N) is 1. The first-order valence-corrected chi connectivity index (χ1v) is 9.38. The molecule has 8 heteroatoms. The summed E-state index contributed by atoms with van der Waals surface area (Å²) >= 11 is 0. The van der Waals surface area contributed by atoms with Crippen molar-refractivity contribution in [3.8, 4) is 22.9 Å². The average molecular weight is 396 g/mol. The van der Waals surface area contributed by atoms with Gasteiger partial charge in [0, 0.05) is 12.7 Å². The van der Waals surface area contributed by atoms with Gasteiger partial charge in [0.05, 0.1) is 26.0 Å². The maximum Gasteiger partial charge on any atom is 0.270 e. The second kappa shape index (κ2) is 8.30. The van der Waals surface area contributed by atoms with Gasteiger partial charge in [-0.15, -0.1) is 0 Å². The Morgan fingerprint density at radius 3 is 2.79 bits per heavy atom. The lowest BCUT2D eigenvalue weighted by Crippen LogP contribution is -2.44. The summed E-state index contributed by atoms with van der Waals surface area (Å²) in [5, 5.41) is 0. The molecule has 1 aliphatic rings. The summed E-state index contributed by atoms with van der Waals surface area (Å²) in [5.41, 5.74) is 2.18. The molecular weight excluding hydrogens is 375 g/mol. The zero-order chi connectivity index (χ0) is 20.2. The van der Waals surface area contributed by atoms with Crippen LogP contribution in [0, 0.1) is 5.82 Å². The number of carbonyl (C=O) groups excluding carboxylic acids is 1. The second-order valence-corrected chi connectivity index (χ2v) is 6.84. The van der Waals surface area contributed by atoms with Crippen molar-refractivity contribution in [2.75, 3.05) is 20.2 Å². The number of likely N-dealkylation sites (tertiary alicyclic amines) is 1. The molecule has 150 valence electrons. The fourth-order valence-corrected chi connectivity index (χ4v) is 3.37. The summed E-state index contributed by atoms with van der Waals surface area (Å²) in [6.07, 6.45) is 6.29. The van der Waals surface area contributed by atoms with Crippen LogP contribution in [-0.2, 0) is 0 Å². The number of halogens is 1. The molecule has 0 bridgehead atoms. The maximum absolute atomic E-state index is 13.1. The van der Waals surface area contributed by atoms with Gasteiger partial charge in [-0.05, 0) is 42.2 Å². The van der Waals surface area contributed by atoms with Gasteiger partial charge in [0.15, 0.2) is 0 Å². The summed E-state index contributed by atoms with van der Waals surface area (Å²) in [6, 6.07) is 7.96. The molecular formula is C21H21FN4O3. The molecule has 0 aliphatic carbocycles. The highest BCUT2D eigenvalue weighted by Crippen LogP contribution is 2.23. The number of benzene rings is 1. The van der Waals surface area contributed by atoms with Crippen molar-refractivity contribution in [1.29, 1.82) is 0 Å². The number of rotatable bonds is 5. The molecule has 4 rings (SSSR count). The summed E-state index contributed by atoms with van der Waals surface area (Å²) in [6.45, 7) is 1.12. The van der Waals surface area contributed by atoms with Crippen molar-refractivity contribution in [2.24, 2.45) is 0 Å². The Hall–Kier alpha value is -3.42. The molecule has 1 aromatic carbocycles. The molecule has 1 N–H and O–H groups in total. The van der Waals surface area contributed by atoms with E-state index in [0.29, 0.717) is 30.5 Å². The number of piperidine rings is 1. The van der Waals surface area contributed by atoms with E-state index >= 15 is 0 Å². The number of nitrogens with zero attached hydrogens (tertiary/aromatic N) is 3. The first kappa shape index (κ1) is 18.9. The number of ether oxygens (including phenoxy) is 2. The third-order valence-corrected chi connectivity index (χ3v) is 4.84. The Balaban J connectivity index is 1.43. The Kier molecular flexibility index (Phi) is 5.41. The van der Waals surface area contributed by atoms with E-state index in [4.69, 9.17) is 9.47 Å². The van der Waals surface area contributed by atoms with Crippen molar-refractivity contribution in [1.82, 2.24) is 19.9 Å². The minimum atomic E-state index is -0.291. The predicted molar refractivity (Wildman–Crippen MR) is 104 cm³/mol. The van der Waals surface area contributed by atoms with E-state index in [1.165, 1.54) is 31.6 Å². The standard InChI is InChI=1S/C21H21FN4O3/c1-28-19-11-23-12-20(25-19)29-17-3-2-8-26(13-17)21(27)18-9-15(10-24-18)14-4-6-16(22)7-5-14/h4-7,9-12,17,24H,2-3,8,13H2,1H3. The van der Waals surface area contributed by atoms with Crippen molar-refractivity contribution in [3.63, 3.8) is 0 Å². The first-order chi connectivity index (χ1) is 14.1. The van der Waals surface area contributed by atoms with Gasteiger partial charge in [-0.1, -0.05) is 12.1 Å². The van der Waals surface area contributed by atoms with Gasteiger partial charge in [0.2, 0.25) is 11.8 Å². The summed E-state index contributed by atoms with van der Waals surface area (Å²) in [4.78, 5) is 26.0. The van der Waals surface area contributed by atoms with Crippen molar-refractivity contribution in [2.45, 2.75) is 18.9 Å². The molecule has 29 heavy (non-hydrogen) atoms. The Labute approximate surface area is 167 Å². The quantitative estimate of drug-likeness (QED) is 0.716. The second-order valence-electron chi connectivity index (χ2n) is 6.84. The third kappa shape index (κ3) is 4.37. The summed E-state index contributed by atoms with van der Waals surface area (Å²) < 4.78 is 24.1. The molecule has 1 amide bonds. The highest BCUT2D eigenvalue weighted by molar-refractivity contribution is 5.94. The highest BCUT2D eigenvalue weighted by Gasteiger charge is 2.27. The van der Waals surface area contributed by atoms with Crippen LogP contribution < -0.4 is 9.47 Å². The van der Waals surface area contributed by atoms with Crippen molar-refractivity contribution in [3.05, 3.63) is 60.4 Å². The van der Waals surface area contributed by atoms with Gasteiger partial charge in [-0.25, -0.2) is 4.39 Å². The van der Waals surface area contributed by atoms with E-state index < -0.39 is 0 Å².